The SMILES string of the molecule is CC(=Nc1ccccc1N=Cc1ccc(F)cc1)C1C(=O)OC(C)C=C1O.CC(=Nc1ccccc1N=Cc1ccc(F)cc1)C1C(=O)OC(C)C=C1O.[Co]. The topological polar surface area (TPSA) is 142 Å². The van der Waals surface area contributed by atoms with Crippen molar-refractivity contribution in [2.24, 2.45) is 31.8 Å². The van der Waals surface area contributed by atoms with E-state index in [-0.39, 0.29) is 39.9 Å². The molecule has 2 aliphatic rings. The van der Waals surface area contributed by atoms with Gasteiger partial charge in [-0.25, -0.2) is 8.78 Å². The first-order valence-electron chi connectivity index (χ1n) is 17.0. The van der Waals surface area contributed by atoms with E-state index in [1.807, 2.05) is 12.1 Å². The van der Waals surface area contributed by atoms with Gasteiger partial charge in [0, 0.05) is 40.6 Å². The maximum Gasteiger partial charge on any atom is 0.323 e. The summed E-state index contributed by atoms with van der Waals surface area (Å²) < 4.78 is 36.3. The number of ether oxygens (including phenoxy) is 2. The zero-order valence-corrected chi connectivity index (χ0v) is 31.3. The van der Waals surface area contributed by atoms with Crippen LogP contribution in [0.25, 0.3) is 0 Å². The van der Waals surface area contributed by atoms with Crippen molar-refractivity contribution in [3.05, 3.63) is 143 Å². The number of rotatable bonds is 8. The average Bonchev–Trinajstić information content (AvgIpc) is 3.12. The van der Waals surface area contributed by atoms with E-state index in [1.165, 1.54) is 36.4 Å². The molecular weight excluding hydrogens is 753 g/mol. The van der Waals surface area contributed by atoms with Gasteiger partial charge in [-0.15, -0.1) is 0 Å². The standard InChI is InChI=1S/2C21H19FN2O3.Co/c2*1-13-11-19(25)20(21(26)27-13)14(2)24-18-6-4-3-5-17(18)23-12-15-7-9-16(22)10-8-15;/h2*3-13,20,25H,1-2H3;. The van der Waals surface area contributed by atoms with Crippen LogP contribution in [0.3, 0.4) is 0 Å². The molecule has 0 amide bonds. The molecule has 285 valence electrons. The molecule has 2 N–H and O–H groups in total. The van der Waals surface area contributed by atoms with Gasteiger partial charge in [-0.2, -0.15) is 0 Å². The molecule has 0 fully saturated rings. The number of carbonyl (C=O) groups excluding carboxylic acids is 2. The molecule has 13 heteroatoms. The smallest absolute Gasteiger partial charge is 0.323 e. The Morgan fingerprint density at radius 1 is 0.582 bits per heavy atom. The maximum absolute atomic E-state index is 13.0. The summed E-state index contributed by atoms with van der Waals surface area (Å²) in [5.41, 5.74) is 4.58. The van der Waals surface area contributed by atoms with Crippen LogP contribution in [-0.4, -0.2) is 58.2 Å². The molecule has 0 aromatic heterocycles. The number of cyclic esters (lactones) is 2. The number of carbonyl (C=O) groups is 2. The summed E-state index contributed by atoms with van der Waals surface area (Å²) in [4.78, 5) is 42.0. The van der Waals surface area contributed by atoms with Crippen LogP contribution < -0.4 is 0 Å². The molecule has 0 aliphatic carbocycles. The fraction of sp³-hybridized carbons (Fsp3) is 0.190. The van der Waals surface area contributed by atoms with Gasteiger partial charge >= 0.3 is 11.9 Å². The minimum atomic E-state index is -0.921. The van der Waals surface area contributed by atoms with Crippen LogP contribution in [0.15, 0.2) is 141 Å². The number of hydrogen-bond acceptors (Lipinski definition) is 10. The fourth-order valence-corrected chi connectivity index (χ4v) is 5.49. The van der Waals surface area contributed by atoms with Crippen LogP contribution in [0, 0.1) is 23.5 Å². The second-order valence-electron chi connectivity index (χ2n) is 12.4. The van der Waals surface area contributed by atoms with Crippen molar-refractivity contribution in [2.75, 3.05) is 0 Å². The van der Waals surface area contributed by atoms with E-state index in [0.717, 1.165) is 11.1 Å². The zero-order valence-electron chi connectivity index (χ0n) is 30.3. The summed E-state index contributed by atoms with van der Waals surface area (Å²) in [6.07, 6.45) is 5.27. The molecule has 0 bridgehead atoms. The van der Waals surface area contributed by atoms with Gasteiger partial charge < -0.3 is 19.7 Å². The third-order valence-corrected chi connectivity index (χ3v) is 8.12. The molecule has 0 saturated heterocycles. The van der Waals surface area contributed by atoms with Crippen LogP contribution in [0.1, 0.15) is 38.8 Å². The summed E-state index contributed by atoms with van der Waals surface area (Å²) in [6, 6.07) is 26.3. The van der Waals surface area contributed by atoms with Crippen molar-refractivity contribution in [3.63, 3.8) is 0 Å². The van der Waals surface area contributed by atoms with E-state index in [4.69, 9.17) is 9.47 Å². The predicted octanol–water partition coefficient (Wildman–Crippen LogP) is 9.34. The van der Waals surface area contributed by atoms with Crippen LogP contribution >= 0.6 is 0 Å². The summed E-state index contributed by atoms with van der Waals surface area (Å²) in [7, 11) is 0. The molecule has 0 spiro atoms. The second kappa shape index (κ2) is 19.3. The van der Waals surface area contributed by atoms with Gasteiger partial charge in [-0.05, 0) is 99.5 Å². The number of aliphatic hydroxyl groups is 2. The van der Waals surface area contributed by atoms with Gasteiger partial charge in [-0.1, -0.05) is 48.5 Å². The molecule has 0 saturated carbocycles. The minimum Gasteiger partial charge on any atom is -0.511 e. The Kier molecular flexibility index (Phi) is 14.7. The molecule has 2 aliphatic heterocycles. The molecule has 4 aromatic rings. The molecule has 4 atom stereocenters. The molecule has 1 radical (unpaired) electrons. The maximum atomic E-state index is 13.0. The molecule has 4 aromatic carbocycles. The van der Waals surface area contributed by atoms with Gasteiger partial charge in [-0.3, -0.25) is 29.6 Å². The Balaban J connectivity index is 0.000000240. The van der Waals surface area contributed by atoms with Crippen molar-refractivity contribution >= 4 is 58.5 Å². The van der Waals surface area contributed by atoms with E-state index >= 15 is 0 Å². The van der Waals surface area contributed by atoms with Crippen molar-refractivity contribution in [3.8, 4) is 0 Å². The van der Waals surface area contributed by atoms with Gasteiger partial charge in [0.15, 0.2) is 11.8 Å². The van der Waals surface area contributed by atoms with E-state index in [9.17, 15) is 28.6 Å². The number of halogens is 2. The molecule has 55 heavy (non-hydrogen) atoms. The Hall–Kier alpha value is -6.05. The second-order valence-corrected chi connectivity index (χ2v) is 12.4. The number of hydrogen-bond donors (Lipinski definition) is 2. The van der Waals surface area contributed by atoms with Gasteiger partial charge in [0.05, 0.1) is 22.7 Å². The average molecular weight is 792 g/mol. The summed E-state index contributed by atoms with van der Waals surface area (Å²) in [6.45, 7) is 6.67. The van der Waals surface area contributed by atoms with Crippen LogP contribution in [0.2, 0.25) is 0 Å². The van der Waals surface area contributed by atoms with Crippen LogP contribution in [0.4, 0.5) is 31.5 Å². The number of nitrogens with zero attached hydrogens (tertiary/aromatic N) is 4. The predicted molar refractivity (Wildman–Crippen MR) is 205 cm³/mol. The first kappa shape index (κ1) is 41.7. The quantitative estimate of drug-likeness (QED) is 0.135. The number of esters is 2. The minimum absolute atomic E-state index is 0. The van der Waals surface area contributed by atoms with Crippen molar-refractivity contribution in [1.82, 2.24) is 0 Å². The third kappa shape index (κ3) is 11.5. The number of benzene rings is 4. The normalized spacial score (nSPS) is 20.1. The van der Waals surface area contributed by atoms with Crippen molar-refractivity contribution < 1.29 is 54.8 Å². The largest absolute Gasteiger partial charge is 0.511 e. The van der Waals surface area contributed by atoms with E-state index < -0.39 is 36.0 Å². The van der Waals surface area contributed by atoms with Gasteiger partial charge in [0.2, 0.25) is 0 Å². The zero-order chi connectivity index (χ0) is 38.8. The molecule has 10 nitrogen and oxygen atoms in total. The first-order chi connectivity index (χ1) is 25.9. The van der Waals surface area contributed by atoms with Crippen LogP contribution in [0.5, 0.6) is 0 Å². The summed E-state index contributed by atoms with van der Waals surface area (Å²) in [5, 5.41) is 20.2. The number of aliphatic imine (C=N–C) groups is 4. The molecule has 6 rings (SSSR count). The van der Waals surface area contributed by atoms with E-state index in [0.29, 0.717) is 34.2 Å². The Bertz CT molecular complexity index is 2030. The van der Waals surface area contributed by atoms with E-state index in [2.05, 4.69) is 20.0 Å². The molecular formula is C42H38CoF2N4O6. The monoisotopic (exact) mass is 791 g/mol. The Morgan fingerprint density at radius 3 is 1.24 bits per heavy atom. The Labute approximate surface area is 327 Å². The van der Waals surface area contributed by atoms with E-state index in [1.54, 1.807) is 101 Å². The summed E-state index contributed by atoms with van der Waals surface area (Å²) >= 11 is 0. The van der Waals surface area contributed by atoms with Crippen molar-refractivity contribution in [1.29, 1.82) is 0 Å². The fourth-order valence-electron chi connectivity index (χ4n) is 5.49. The first-order valence-corrected chi connectivity index (χ1v) is 17.0. The van der Waals surface area contributed by atoms with Gasteiger partial charge in [0.1, 0.15) is 35.4 Å². The molecule has 4 unspecified atom stereocenters. The van der Waals surface area contributed by atoms with Crippen molar-refractivity contribution in [2.45, 2.75) is 39.9 Å². The Morgan fingerprint density at radius 2 is 0.909 bits per heavy atom. The van der Waals surface area contributed by atoms with Crippen LogP contribution in [-0.2, 0) is 35.8 Å². The van der Waals surface area contributed by atoms with Gasteiger partial charge in [0.25, 0.3) is 0 Å². The third-order valence-electron chi connectivity index (χ3n) is 8.12. The summed E-state index contributed by atoms with van der Waals surface area (Å²) in [5.74, 6) is -3.65. The number of aliphatic hydroxyl groups excluding tert-OH is 2. The number of para-hydroxylation sites is 4. The molecule has 2 heterocycles.